The molecule has 2 heterocycles. The van der Waals surface area contributed by atoms with Crippen LogP contribution in [0.4, 0.5) is 0 Å². The number of primary amides is 1. The lowest BCUT2D eigenvalue weighted by Crippen LogP contribution is -2.60. The van der Waals surface area contributed by atoms with Gasteiger partial charge >= 0.3 is 5.97 Å². The van der Waals surface area contributed by atoms with E-state index in [9.17, 15) is 34.2 Å². The van der Waals surface area contributed by atoms with Crippen molar-refractivity contribution in [3.63, 3.8) is 0 Å². The largest absolute Gasteiger partial charge is 0.480 e. The summed E-state index contributed by atoms with van der Waals surface area (Å²) in [6, 6.07) is 1.62. The predicted octanol–water partition coefficient (Wildman–Crippen LogP) is -2.20. The Morgan fingerprint density at radius 3 is 2.30 bits per heavy atom. The molecular weight excluding hydrogens is 524 g/mol. The maximum Gasteiger partial charge on any atom is 0.326 e. The van der Waals surface area contributed by atoms with E-state index in [0.717, 1.165) is 10.9 Å². The number of rotatable bonds is 14. The molecule has 5 atom stereocenters. The Bertz CT molecular complexity index is 1350. The summed E-state index contributed by atoms with van der Waals surface area (Å²) in [5.74, 6) is -5.02. The summed E-state index contributed by atoms with van der Waals surface area (Å²) in [6.07, 6.45) is 2.48. The molecule has 0 aliphatic heterocycles. The van der Waals surface area contributed by atoms with Gasteiger partial charge < -0.3 is 47.6 Å². The number of imidazole rings is 1. The molecule has 4 amide bonds. The van der Waals surface area contributed by atoms with E-state index in [1.807, 2.05) is 12.1 Å². The van der Waals surface area contributed by atoms with Gasteiger partial charge in [-0.3, -0.25) is 19.2 Å². The second-order valence-electron chi connectivity index (χ2n) is 9.31. The summed E-state index contributed by atoms with van der Waals surface area (Å²) in [7, 11) is 0. The van der Waals surface area contributed by atoms with Crippen molar-refractivity contribution in [3.05, 3.63) is 54.2 Å². The van der Waals surface area contributed by atoms with Crippen LogP contribution in [-0.2, 0) is 36.8 Å². The first-order valence-corrected chi connectivity index (χ1v) is 12.3. The van der Waals surface area contributed by atoms with Crippen molar-refractivity contribution in [1.29, 1.82) is 0 Å². The van der Waals surface area contributed by atoms with E-state index >= 15 is 0 Å². The van der Waals surface area contributed by atoms with E-state index in [4.69, 9.17) is 11.5 Å². The minimum Gasteiger partial charge on any atom is -0.480 e. The number of aromatic nitrogens is 3. The number of hydrogen-bond donors (Lipinski definition) is 9. The van der Waals surface area contributed by atoms with Gasteiger partial charge in [0.15, 0.2) is 0 Å². The average Bonchev–Trinajstić information content (AvgIpc) is 3.55. The number of amides is 4. The fourth-order valence-electron chi connectivity index (χ4n) is 4.06. The molecular formula is C25H32N8O7. The standard InChI is InChI=1S/C25H32N8O7/c1-12(34)21(33-22(36)16(26)7-14-10-28-11-30-14)24(38)31-18(23(37)32-19(25(39)40)8-20(27)35)6-13-9-29-17-5-3-2-4-15(13)17/h2-5,9-12,16,18-19,21,29,34H,6-8,26H2,1H3,(H2,27,35)(H,28,30)(H,31,38)(H,32,37)(H,33,36)(H,39,40). The van der Waals surface area contributed by atoms with Crippen LogP contribution in [0.25, 0.3) is 10.9 Å². The fraction of sp³-hybridized carbons (Fsp3) is 0.360. The van der Waals surface area contributed by atoms with E-state index in [0.29, 0.717) is 11.3 Å². The van der Waals surface area contributed by atoms with Crippen molar-refractivity contribution >= 4 is 40.5 Å². The Morgan fingerprint density at radius 2 is 1.68 bits per heavy atom. The Labute approximate surface area is 228 Å². The molecule has 0 saturated heterocycles. The molecule has 0 saturated carbocycles. The van der Waals surface area contributed by atoms with Crippen LogP contribution in [0, 0.1) is 0 Å². The van der Waals surface area contributed by atoms with Crippen LogP contribution in [0.3, 0.4) is 0 Å². The molecule has 2 aromatic heterocycles. The molecule has 0 bridgehead atoms. The fourth-order valence-corrected chi connectivity index (χ4v) is 4.06. The third-order valence-electron chi connectivity index (χ3n) is 6.15. The minimum absolute atomic E-state index is 0.0853. The average molecular weight is 557 g/mol. The number of aliphatic hydroxyl groups excluding tert-OH is 1. The zero-order valence-corrected chi connectivity index (χ0v) is 21.6. The number of carbonyl (C=O) groups excluding carboxylic acids is 4. The quantitative estimate of drug-likeness (QED) is 0.104. The van der Waals surface area contributed by atoms with Crippen LogP contribution in [0.5, 0.6) is 0 Å². The molecule has 0 aliphatic carbocycles. The number of nitrogens with one attached hydrogen (secondary N) is 5. The first kappa shape index (κ1) is 29.8. The molecule has 15 heteroatoms. The highest BCUT2D eigenvalue weighted by atomic mass is 16.4. The van der Waals surface area contributed by atoms with Crippen molar-refractivity contribution in [2.24, 2.45) is 11.5 Å². The highest BCUT2D eigenvalue weighted by molar-refractivity contribution is 5.95. The van der Waals surface area contributed by atoms with Crippen LogP contribution in [0.1, 0.15) is 24.6 Å². The van der Waals surface area contributed by atoms with E-state index in [-0.39, 0.29) is 12.8 Å². The van der Waals surface area contributed by atoms with Crippen LogP contribution in [0.2, 0.25) is 0 Å². The predicted molar refractivity (Wildman–Crippen MR) is 141 cm³/mol. The number of benzene rings is 1. The second-order valence-corrected chi connectivity index (χ2v) is 9.31. The third-order valence-corrected chi connectivity index (χ3v) is 6.15. The Balaban J connectivity index is 1.81. The zero-order chi connectivity index (χ0) is 29.4. The number of fused-ring (bicyclic) bond motifs is 1. The normalized spacial score (nSPS) is 14.9. The van der Waals surface area contributed by atoms with E-state index in [1.54, 1.807) is 18.3 Å². The number of aliphatic hydroxyl groups is 1. The first-order chi connectivity index (χ1) is 19.0. The number of nitrogens with two attached hydrogens (primary N) is 2. The van der Waals surface area contributed by atoms with Crippen molar-refractivity contribution in [3.8, 4) is 0 Å². The molecule has 3 aromatic rings. The number of carboxylic acid groups (broad SMARTS) is 1. The zero-order valence-electron chi connectivity index (χ0n) is 21.6. The summed E-state index contributed by atoms with van der Waals surface area (Å²) in [6.45, 7) is 1.27. The van der Waals surface area contributed by atoms with Gasteiger partial charge in [-0.2, -0.15) is 0 Å². The first-order valence-electron chi connectivity index (χ1n) is 12.3. The van der Waals surface area contributed by atoms with Crippen molar-refractivity contribution in [2.45, 2.75) is 56.5 Å². The maximum atomic E-state index is 13.2. The van der Waals surface area contributed by atoms with Gasteiger partial charge in [0.2, 0.25) is 23.6 Å². The third kappa shape index (κ3) is 7.87. The van der Waals surface area contributed by atoms with Gasteiger partial charge in [0.1, 0.15) is 18.1 Å². The molecule has 3 rings (SSSR count). The summed E-state index contributed by atoms with van der Waals surface area (Å²) in [5, 5.41) is 27.5. The number of nitrogens with zero attached hydrogens (tertiary/aromatic N) is 1. The lowest BCUT2D eigenvalue weighted by molar-refractivity contribution is -0.143. The molecule has 15 nitrogen and oxygen atoms in total. The summed E-state index contributed by atoms with van der Waals surface area (Å²) in [4.78, 5) is 71.7. The van der Waals surface area contributed by atoms with Gasteiger partial charge in [-0.1, -0.05) is 18.2 Å². The van der Waals surface area contributed by atoms with Crippen molar-refractivity contribution in [1.82, 2.24) is 30.9 Å². The molecule has 214 valence electrons. The number of carbonyl (C=O) groups is 5. The highest BCUT2D eigenvalue weighted by Crippen LogP contribution is 2.19. The van der Waals surface area contributed by atoms with Crippen LogP contribution < -0.4 is 27.4 Å². The number of aromatic amines is 2. The molecule has 0 radical (unpaired) electrons. The van der Waals surface area contributed by atoms with Crippen molar-refractivity contribution in [2.75, 3.05) is 0 Å². The highest BCUT2D eigenvalue weighted by Gasteiger charge is 2.33. The smallest absolute Gasteiger partial charge is 0.326 e. The molecule has 11 N–H and O–H groups in total. The molecule has 0 spiro atoms. The van der Waals surface area contributed by atoms with Gasteiger partial charge in [-0.15, -0.1) is 0 Å². The minimum atomic E-state index is -1.64. The van der Waals surface area contributed by atoms with Gasteiger partial charge in [0, 0.05) is 41.8 Å². The second kappa shape index (κ2) is 13.3. The lowest BCUT2D eigenvalue weighted by Gasteiger charge is -2.26. The number of carboxylic acids is 1. The lowest BCUT2D eigenvalue weighted by atomic mass is 10.0. The summed E-state index contributed by atoms with van der Waals surface area (Å²) < 4.78 is 0. The van der Waals surface area contributed by atoms with Gasteiger partial charge in [-0.05, 0) is 18.6 Å². The van der Waals surface area contributed by atoms with Gasteiger partial charge in [-0.25, -0.2) is 9.78 Å². The van der Waals surface area contributed by atoms with Crippen LogP contribution >= 0.6 is 0 Å². The molecule has 5 unspecified atom stereocenters. The SMILES string of the molecule is CC(O)C(NC(=O)C(N)Cc1cnc[nH]1)C(=O)NC(Cc1c[nH]c2ccccc12)C(=O)NC(CC(N)=O)C(=O)O. The molecule has 0 fully saturated rings. The Kier molecular flexibility index (Phi) is 9.94. The molecule has 40 heavy (non-hydrogen) atoms. The van der Waals surface area contributed by atoms with Crippen molar-refractivity contribution < 1.29 is 34.2 Å². The number of hydrogen-bond acceptors (Lipinski definition) is 8. The number of H-pyrrole nitrogens is 2. The van der Waals surface area contributed by atoms with E-state index in [2.05, 4.69) is 30.9 Å². The Morgan fingerprint density at radius 1 is 0.975 bits per heavy atom. The molecule has 0 aliphatic rings. The molecule has 1 aromatic carbocycles. The van der Waals surface area contributed by atoms with E-state index in [1.165, 1.54) is 19.4 Å². The number of para-hydroxylation sites is 1. The number of aliphatic carboxylic acids is 1. The van der Waals surface area contributed by atoms with Crippen LogP contribution in [0.15, 0.2) is 43.0 Å². The summed E-state index contributed by atoms with van der Waals surface area (Å²) in [5.41, 5.74) is 13.0. The maximum absolute atomic E-state index is 13.2. The topological polar surface area (TPSA) is 258 Å². The monoisotopic (exact) mass is 556 g/mol. The van der Waals surface area contributed by atoms with Gasteiger partial charge in [0.05, 0.1) is 24.9 Å². The van der Waals surface area contributed by atoms with Gasteiger partial charge in [0.25, 0.3) is 0 Å². The van der Waals surface area contributed by atoms with Crippen LogP contribution in [-0.4, -0.2) is 85.0 Å². The van der Waals surface area contributed by atoms with E-state index < -0.39 is 66.3 Å². The summed E-state index contributed by atoms with van der Waals surface area (Å²) >= 11 is 0. The Hall–Kier alpha value is -4.76.